The number of nitrogens with one attached hydrogen (secondary N) is 1. The Balaban J connectivity index is 1.64. The number of aromatic nitrogens is 7. The highest BCUT2D eigenvalue weighted by molar-refractivity contribution is 5.57. The SMILES string of the molecule is Cc1nc(-c2cccnc2)[nH]c(=O)c1Cc1nc(-c2cn(C)nc2C(C)C)no1. The van der Waals surface area contributed by atoms with Gasteiger partial charge in [-0.3, -0.25) is 14.5 Å². The third kappa shape index (κ3) is 3.71. The van der Waals surface area contributed by atoms with Crippen LogP contribution in [0.1, 0.15) is 42.6 Å². The molecule has 0 saturated carbocycles. The summed E-state index contributed by atoms with van der Waals surface area (Å²) in [5.74, 6) is 1.52. The quantitative estimate of drug-likeness (QED) is 0.556. The largest absolute Gasteiger partial charge is 0.339 e. The van der Waals surface area contributed by atoms with Crippen molar-refractivity contribution in [2.24, 2.45) is 7.05 Å². The van der Waals surface area contributed by atoms with E-state index in [1.807, 2.05) is 19.3 Å². The monoisotopic (exact) mass is 391 g/mol. The molecule has 4 heterocycles. The van der Waals surface area contributed by atoms with Crippen LogP contribution in [0.15, 0.2) is 40.0 Å². The fourth-order valence-electron chi connectivity index (χ4n) is 3.15. The van der Waals surface area contributed by atoms with E-state index in [0.29, 0.717) is 28.8 Å². The minimum atomic E-state index is -0.236. The van der Waals surface area contributed by atoms with Gasteiger partial charge in [-0.25, -0.2) is 4.98 Å². The van der Waals surface area contributed by atoms with E-state index >= 15 is 0 Å². The average molecular weight is 391 g/mol. The van der Waals surface area contributed by atoms with Crippen molar-refractivity contribution in [3.8, 4) is 22.8 Å². The molecular weight excluding hydrogens is 370 g/mol. The Kier molecular flexibility index (Phi) is 4.79. The summed E-state index contributed by atoms with van der Waals surface area (Å²) in [6.45, 7) is 5.91. The first kappa shape index (κ1) is 18.7. The van der Waals surface area contributed by atoms with Crippen molar-refractivity contribution >= 4 is 0 Å². The lowest BCUT2D eigenvalue weighted by Gasteiger charge is -2.05. The third-order valence-corrected chi connectivity index (χ3v) is 4.60. The van der Waals surface area contributed by atoms with Crippen LogP contribution in [0, 0.1) is 6.92 Å². The molecule has 1 N–H and O–H groups in total. The summed E-state index contributed by atoms with van der Waals surface area (Å²) in [4.78, 5) is 28.5. The molecule has 0 amide bonds. The zero-order valence-electron chi connectivity index (χ0n) is 16.7. The molecule has 0 spiro atoms. The highest BCUT2D eigenvalue weighted by Gasteiger charge is 2.20. The molecule has 4 aromatic heterocycles. The Morgan fingerprint density at radius 1 is 1.28 bits per heavy atom. The summed E-state index contributed by atoms with van der Waals surface area (Å²) in [7, 11) is 1.86. The first-order valence-electron chi connectivity index (χ1n) is 9.29. The van der Waals surface area contributed by atoms with E-state index in [2.05, 4.69) is 44.0 Å². The predicted octanol–water partition coefficient (Wildman–Crippen LogP) is 2.64. The molecule has 0 unspecified atom stereocenters. The minimum absolute atomic E-state index is 0.200. The molecule has 0 fully saturated rings. The van der Waals surface area contributed by atoms with Crippen LogP contribution in [0.4, 0.5) is 0 Å². The smallest absolute Gasteiger partial charge is 0.255 e. The van der Waals surface area contributed by atoms with Gasteiger partial charge in [0.2, 0.25) is 11.7 Å². The summed E-state index contributed by atoms with van der Waals surface area (Å²) in [6.07, 6.45) is 5.39. The van der Waals surface area contributed by atoms with Gasteiger partial charge < -0.3 is 9.51 Å². The fourth-order valence-corrected chi connectivity index (χ4v) is 3.15. The lowest BCUT2D eigenvalue weighted by Crippen LogP contribution is -2.18. The van der Waals surface area contributed by atoms with Crippen LogP contribution in [-0.2, 0) is 13.5 Å². The Hall–Kier alpha value is -3.62. The Morgan fingerprint density at radius 2 is 2.10 bits per heavy atom. The van der Waals surface area contributed by atoms with Crippen molar-refractivity contribution in [1.82, 2.24) is 34.9 Å². The van der Waals surface area contributed by atoms with Crippen LogP contribution >= 0.6 is 0 Å². The maximum Gasteiger partial charge on any atom is 0.255 e. The molecule has 0 atom stereocenters. The topological polar surface area (TPSA) is 115 Å². The highest BCUT2D eigenvalue weighted by Crippen LogP contribution is 2.26. The first-order valence-corrected chi connectivity index (χ1v) is 9.29. The van der Waals surface area contributed by atoms with Crippen molar-refractivity contribution < 1.29 is 4.52 Å². The van der Waals surface area contributed by atoms with Crippen molar-refractivity contribution in [1.29, 1.82) is 0 Å². The van der Waals surface area contributed by atoms with Crippen LogP contribution < -0.4 is 5.56 Å². The molecule has 0 bridgehead atoms. The second-order valence-corrected chi connectivity index (χ2v) is 7.17. The van der Waals surface area contributed by atoms with Gasteiger partial charge in [0.25, 0.3) is 5.56 Å². The number of rotatable bonds is 5. The van der Waals surface area contributed by atoms with E-state index in [0.717, 1.165) is 16.8 Å². The predicted molar refractivity (Wildman–Crippen MR) is 106 cm³/mol. The molecule has 0 aliphatic carbocycles. The molecule has 0 aliphatic rings. The zero-order valence-corrected chi connectivity index (χ0v) is 16.7. The van der Waals surface area contributed by atoms with Gasteiger partial charge in [-0.15, -0.1) is 0 Å². The number of hydrogen-bond acceptors (Lipinski definition) is 7. The molecule has 9 nitrogen and oxygen atoms in total. The van der Waals surface area contributed by atoms with Gasteiger partial charge in [-0.2, -0.15) is 10.1 Å². The summed E-state index contributed by atoms with van der Waals surface area (Å²) >= 11 is 0. The number of H-pyrrole nitrogens is 1. The lowest BCUT2D eigenvalue weighted by molar-refractivity contribution is 0.385. The van der Waals surface area contributed by atoms with E-state index in [9.17, 15) is 4.79 Å². The van der Waals surface area contributed by atoms with E-state index < -0.39 is 0 Å². The molecule has 148 valence electrons. The number of aryl methyl sites for hydroxylation is 2. The highest BCUT2D eigenvalue weighted by atomic mass is 16.5. The normalized spacial score (nSPS) is 11.3. The maximum absolute atomic E-state index is 12.6. The van der Waals surface area contributed by atoms with Gasteiger partial charge in [0.05, 0.1) is 17.7 Å². The number of aromatic amines is 1. The second-order valence-electron chi connectivity index (χ2n) is 7.17. The molecular formula is C20H21N7O2. The van der Waals surface area contributed by atoms with Gasteiger partial charge in [0.1, 0.15) is 5.82 Å². The summed E-state index contributed by atoms with van der Waals surface area (Å²) in [5.41, 5.74) is 3.33. The minimum Gasteiger partial charge on any atom is -0.339 e. The van der Waals surface area contributed by atoms with Crippen molar-refractivity contribution in [2.45, 2.75) is 33.1 Å². The molecule has 29 heavy (non-hydrogen) atoms. The molecule has 0 aliphatic heterocycles. The Morgan fingerprint density at radius 3 is 2.79 bits per heavy atom. The average Bonchev–Trinajstić information content (AvgIpc) is 3.31. The van der Waals surface area contributed by atoms with Gasteiger partial charge in [-0.05, 0) is 25.0 Å². The second kappa shape index (κ2) is 7.42. The number of pyridine rings is 1. The van der Waals surface area contributed by atoms with Crippen LogP contribution in [0.2, 0.25) is 0 Å². The molecule has 9 heteroatoms. The van der Waals surface area contributed by atoms with Crippen LogP contribution in [0.5, 0.6) is 0 Å². The van der Waals surface area contributed by atoms with E-state index in [1.165, 1.54) is 0 Å². The maximum atomic E-state index is 12.6. The molecule has 0 radical (unpaired) electrons. The van der Waals surface area contributed by atoms with Crippen LogP contribution in [0.3, 0.4) is 0 Å². The summed E-state index contributed by atoms with van der Waals surface area (Å²) < 4.78 is 7.14. The van der Waals surface area contributed by atoms with E-state index in [-0.39, 0.29) is 17.9 Å². The molecule has 0 aromatic carbocycles. The number of nitrogens with zero attached hydrogens (tertiary/aromatic N) is 6. The molecule has 0 saturated heterocycles. The van der Waals surface area contributed by atoms with Gasteiger partial charge >= 0.3 is 0 Å². The fraction of sp³-hybridized carbons (Fsp3) is 0.300. The van der Waals surface area contributed by atoms with E-state index in [1.54, 1.807) is 30.1 Å². The zero-order chi connectivity index (χ0) is 20.5. The Bertz CT molecular complexity index is 1210. The van der Waals surface area contributed by atoms with Crippen molar-refractivity contribution in [3.63, 3.8) is 0 Å². The van der Waals surface area contributed by atoms with Crippen LogP contribution in [-0.4, -0.2) is 34.9 Å². The molecule has 4 aromatic rings. The summed E-state index contributed by atoms with van der Waals surface area (Å²) in [6, 6.07) is 3.64. The van der Waals surface area contributed by atoms with Crippen LogP contribution in [0.25, 0.3) is 22.8 Å². The van der Waals surface area contributed by atoms with Gasteiger partial charge in [-0.1, -0.05) is 19.0 Å². The Labute approximate surface area is 166 Å². The lowest BCUT2D eigenvalue weighted by atomic mass is 10.1. The first-order chi connectivity index (χ1) is 13.9. The van der Waals surface area contributed by atoms with Crippen molar-refractivity contribution in [3.05, 3.63) is 63.9 Å². The van der Waals surface area contributed by atoms with Gasteiger partial charge in [0, 0.05) is 42.5 Å². The van der Waals surface area contributed by atoms with Gasteiger partial charge in [0.15, 0.2) is 0 Å². The van der Waals surface area contributed by atoms with E-state index in [4.69, 9.17) is 4.52 Å². The summed E-state index contributed by atoms with van der Waals surface area (Å²) in [5, 5.41) is 8.55. The molecule has 4 rings (SSSR count). The standard InChI is InChI=1S/C20H21N7O2/c1-11(2)17-15(10-27(4)25-17)19-23-16(29-26-19)8-14-12(3)22-18(24-20(14)28)13-6-5-7-21-9-13/h5-7,9-11H,8H2,1-4H3,(H,22,24,28). The van der Waals surface area contributed by atoms with Crippen molar-refractivity contribution in [2.75, 3.05) is 0 Å². The third-order valence-electron chi connectivity index (χ3n) is 4.60. The number of hydrogen-bond donors (Lipinski definition) is 1.